The van der Waals surface area contributed by atoms with Crippen molar-refractivity contribution in [1.29, 1.82) is 0 Å². The van der Waals surface area contributed by atoms with Gasteiger partial charge in [0.15, 0.2) is 0 Å². The van der Waals surface area contributed by atoms with Crippen LogP contribution in [0.3, 0.4) is 0 Å². The lowest BCUT2D eigenvalue weighted by atomic mass is 10.0. The summed E-state index contributed by atoms with van der Waals surface area (Å²) in [5, 5.41) is 3.01. The minimum Gasteiger partial charge on any atom is -0.444 e. The van der Waals surface area contributed by atoms with Gasteiger partial charge in [-0.05, 0) is 51.8 Å². The number of carbonyl (C=O) groups excluding carboxylic acids is 1. The minimum absolute atomic E-state index is 0.0638. The summed E-state index contributed by atoms with van der Waals surface area (Å²) in [5.41, 5.74) is 1.48. The van der Waals surface area contributed by atoms with Gasteiger partial charge in [-0.15, -0.1) is 0 Å². The van der Waals surface area contributed by atoms with Crippen LogP contribution in [0.4, 0.5) is 4.79 Å². The average molecular weight is 380 g/mol. The first kappa shape index (κ1) is 16.3. The molecule has 1 aromatic carbocycles. The maximum Gasteiger partial charge on any atom is 0.407 e. The number of H-pyrrole nitrogens is 1. The van der Waals surface area contributed by atoms with E-state index in [1.54, 1.807) is 0 Å². The molecule has 0 radical (unpaired) electrons. The fourth-order valence-corrected chi connectivity index (χ4v) is 3.46. The second-order valence-electron chi connectivity index (χ2n) is 7.07. The molecule has 0 aliphatic heterocycles. The zero-order chi connectivity index (χ0) is 16.6. The molecular formula is C17H22BrN3O2. The van der Waals surface area contributed by atoms with Crippen molar-refractivity contribution in [3.8, 4) is 0 Å². The Kier molecular flexibility index (Phi) is 4.36. The van der Waals surface area contributed by atoms with E-state index >= 15 is 0 Å². The van der Waals surface area contributed by atoms with Crippen LogP contribution < -0.4 is 5.32 Å². The number of hydrogen-bond donors (Lipinski definition) is 2. The van der Waals surface area contributed by atoms with Gasteiger partial charge in [-0.25, -0.2) is 9.78 Å². The normalized spacial score (nSPS) is 21.6. The van der Waals surface area contributed by atoms with Gasteiger partial charge < -0.3 is 15.0 Å². The summed E-state index contributed by atoms with van der Waals surface area (Å²) >= 11 is 3.48. The van der Waals surface area contributed by atoms with Crippen LogP contribution >= 0.6 is 15.9 Å². The van der Waals surface area contributed by atoms with Crippen LogP contribution in [0.15, 0.2) is 22.7 Å². The first-order chi connectivity index (χ1) is 10.8. The standard InChI is InChI=1S/C17H22BrN3O2/c1-17(2,3)23-16(22)21-12-6-4-5-11(12)15-19-13-8-7-10(18)9-14(13)20-15/h7-9,11-12H,4-6H2,1-3H3,(H,19,20)(H,21,22)/t11-,12-/m0/s1. The Bertz CT molecular complexity index is 720. The van der Waals surface area contributed by atoms with E-state index in [1.165, 1.54) is 0 Å². The summed E-state index contributed by atoms with van der Waals surface area (Å²) in [7, 11) is 0. The second-order valence-corrected chi connectivity index (χ2v) is 7.99. The molecule has 1 fully saturated rings. The van der Waals surface area contributed by atoms with Crippen molar-refractivity contribution in [1.82, 2.24) is 15.3 Å². The molecule has 1 heterocycles. The van der Waals surface area contributed by atoms with Crippen LogP contribution in [0.5, 0.6) is 0 Å². The predicted octanol–water partition coefficient (Wildman–Crippen LogP) is 4.49. The van der Waals surface area contributed by atoms with Gasteiger partial charge >= 0.3 is 6.09 Å². The van der Waals surface area contributed by atoms with Gasteiger partial charge in [0.05, 0.1) is 11.0 Å². The zero-order valence-corrected chi connectivity index (χ0v) is 15.2. The molecule has 0 bridgehead atoms. The fraction of sp³-hybridized carbons (Fsp3) is 0.529. The van der Waals surface area contributed by atoms with Crippen LogP contribution in [0.2, 0.25) is 0 Å². The van der Waals surface area contributed by atoms with E-state index in [0.29, 0.717) is 0 Å². The molecule has 1 aromatic heterocycles. The topological polar surface area (TPSA) is 67.0 Å². The summed E-state index contributed by atoms with van der Waals surface area (Å²) in [6, 6.07) is 6.06. The fourth-order valence-electron chi connectivity index (χ4n) is 3.10. The number of carbonyl (C=O) groups is 1. The molecule has 1 aliphatic carbocycles. The van der Waals surface area contributed by atoms with Crippen molar-refractivity contribution in [2.24, 2.45) is 0 Å². The number of aromatic nitrogens is 2. The lowest BCUT2D eigenvalue weighted by Gasteiger charge is -2.24. The smallest absolute Gasteiger partial charge is 0.407 e. The minimum atomic E-state index is -0.482. The number of benzene rings is 1. The number of nitrogens with zero attached hydrogens (tertiary/aromatic N) is 1. The molecule has 2 atom stereocenters. The predicted molar refractivity (Wildman–Crippen MR) is 93.5 cm³/mol. The highest BCUT2D eigenvalue weighted by atomic mass is 79.9. The van der Waals surface area contributed by atoms with Gasteiger partial charge in [-0.2, -0.15) is 0 Å². The Hall–Kier alpha value is -1.56. The Morgan fingerprint density at radius 3 is 2.91 bits per heavy atom. The molecule has 0 saturated heterocycles. The van der Waals surface area contributed by atoms with Gasteiger partial charge in [0, 0.05) is 16.4 Å². The lowest BCUT2D eigenvalue weighted by molar-refractivity contribution is 0.0500. The second kappa shape index (κ2) is 6.15. The molecule has 6 heteroatoms. The number of aromatic amines is 1. The third kappa shape index (κ3) is 3.86. The highest BCUT2D eigenvalue weighted by Crippen LogP contribution is 2.34. The van der Waals surface area contributed by atoms with Crippen LogP contribution in [0.1, 0.15) is 51.8 Å². The van der Waals surface area contributed by atoms with Gasteiger partial charge in [-0.3, -0.25) is 0 Å². The summed E-state index contributed by atoms with van der Waals surface area (Å²) < 4.78 is 6.39. The van der Waals surface area contributed by atoms with E-state index in [-0.39, 0.29) is 18.1 Å². The van der Waals surface area contributed by atoms with Crippen LogP contribution in [0.25, 0.3) is 11.0 Å². The molecule has 1 aliphatic rings. The Labute approximate surface area is 144 Å². The Morgan fingerprint density at radius 1 is 1.39 bits per heavy atom. The number of fused-ring (bicyclic) bond motifs is 1. The number of amides is 1. The molecule has 0 spiro atoms. The van der Waals surface area contributed by atoms with Crippen molar-refractivity contribution in [2.75, 3.05) is 0 Å². The molecule has 5 nitrogen and oxygen atoms in total. The molecule has 3 rings (SSSR count). The number of rotatable bonds is 2. The Morgan fingerprint density at radius 2 is 2.17 bits per heavy atom. The van der Waals surface area contributed by atoms with E-state index in [2.05, 4.69) is 26.2 Å². The molecule has 124 valence electrons. The molecule has 2 N–H and O–H groups in total. The highest BCUT2D eigenvalue weighted by molar-refractivity contribution is 9.10. The lowest BCUT2D eigenvalue weighted by Crippen LogP contribution is -2.40. The van der Waals surface area contributed by atoms with Gasteiger partial charge in [0.1, 0.15) is 11.4 Å². The number of hydrogen-bond acceptors (Lipinski definition) is 3. The monoisotopic (exact) mass is 379 g/mol. The molecule has 1 amide bonds. The summed E-state index contributed by atoms with van der Waals surface area (Å²) in [4.78, 5) is 20.1. The van der Waals surface area contributed by atoms with Crippen LogP contribution in [-0.4, -0.2) is 27.7 Å². The molecule has 1 saturated carbocycles. The van der Waals surface area contributed by atoms with Gasteiger partial charge in [0.25, 0.3) is 0 Å². The number of ether oxygens (including phenoxy) is 1. The summed E-state index contributed by atoms with van der Waals surface area (Å²) in [5.74, 6) is 1.14. The molecule has 23 heavy (non-hydrogen) atoms. The van der Waals surface area contributed by atoms with Crippen molar-refractivity contribution >= 4 is 33.1 Å². The van der Waals surface area contributed by atoms with E-state index in [9.17, 15) is 4.79 Å². The number of alkyl carbamates (subject to hydrolysis) is 1. The van der Waals surface area contributed by atoms with Crippen LogP contribution in [0, 0.1) is 0 Å². The van der Waals surface area contributed by atoms with Crippen molar-refractivity contribution in [2.45, 2.75) is 57.6 Å². The van der Waals surface area contributed by atoms with E-state index < -0.39 is 5.60 Å². The van der Waals surface area contributed by atoms with Crippen molar-refractivity contribution in [3.05, 3.63) is 28.5 Å². The third-order valence-electron chi connectivity index (χ3n) is 4.03. The van der Waals surface area contributed by atoms with E-state index in [1.807, 2.05) is 39.0 Å². The van der Waals surface area contributed by atoms with E-state index in [0.717, 1.165) is 40.6 Å². The molecule has 0 unspecified atom stereocenters. The highest BCUT2D eigenvalue weighted by Gasteiger charge is 2.33. The first-order valence-electron chi connectivity index (χ1n) is 7.96. The number of nitrogens with one attached hydrogen (secondary N) is 2. The number of halogens is 1. The molecule has 2 aromatic rings. The maximum absolute atomic E-state index is 12.0. The van der Waals surface area contributed by atoms with Crippen molar-refractivity contribution in [3.63, 3.8) is 0 Å². The van der Waals surface area contributed by atoms with Crippen molar-refractivity contribution < 1.29 is 9.53 Å². The SMILES string of the molecule is CC(C)(C)OC(=O)N[C@H]1CCC[C@@H]1c1nc2ccc(Br)cc2[nH]1. The summed E-state index contributed by atoms with van der Waals surface area (Å²) in [6.07, 6.45) is 2.69. The largest absolute Gasteiger partial charge is 0.444 e. The number of imidazole rings is 1. The maximum atomic E-state index is 12.0. The summed E-state index contributed by atoms with van der Waals surface area (Å²) in [6.45, 7) is 5.61. The quantitative estimate of drug-likeness (QED) is 0.807. The van der Waals surface area contributed by atoms with Gasteiger partial charge in [-0.1, -0.05) is 22.4 Å². The first-order valence-corrected chi connectivity index (χ1v) is 8.76. The zero-order valence-electron chi connectivity index (χ0n) is 13.6. The molecular weight excluding hydrogens is 358 g/mol. The van der Waals surface area contributed by atoms with Gasteiger partial charge in [0.2, 0.25) is 0 Å². The third-order valence-corrected chi connectivity index (χ3v) is 4.52. The Balaban J connectivity index is 1.76. The van der Waals surface area contributed by atoms with Crippen LogP contribution in [-0.2, 0) is 4.74 Å². The van der Waals surface area contributed by atoms with E-state index in [4.69, 9.17) is 9.72 Å². The average Bonchev–Trinajstić information content (AvgIpc) is 3.01.